The summed E-state index contributed by atoms with van der Waals surface area (Å²) in [4.78, 5) is 28.5. The molecule has 286 valence electrons. The van der Waals surface area contributed by atoms with Gasteiger partial charge in [-0.3, -0.25) is 4.79 Å². The molecular weight excluding hydrogens is 654 g/mol. The predicted octanol–water partition coefficient (Wildman–Crippen LogP) is 1.52. The Morgan fingerprint density at radius 2 is 1.62 bits per heavy atom. The molecule has 14 nitrogen and oxygen atoms in total. The summed E-state index contributed by atoms with van der Waals surface area (Å²) in [6, 6.07) is -0.162. The number of carbonyl (C=O) groups is 2. The van der Waals surface area contributed by atoms with Crippen LogP contribution in [0.5, 0.6) is 0 Å². The first-order chi connectivity index (χ1) is 23.6. The largest absolute Gasteiger partial charge is 0.456 e. The third kappa shape index (κ3) is 9.58. The van der Waals surface area contributed by atoms with Crippen LogP contribution in [0, 0.1) is 11.8 Å². The van der Waals surface area contributed by atoms with Crippen LogP contribution in [0.25, 0.3) is 0 Å². The highest BCUT2D eigenvalue weighted by molar-refractivity contribution is 5.91. The summed E-state index contributed by atoms with van der Waals surface area (Å²) in [7, 11) is 6.70. The van der Waals surface area contributed by atoms with Crippen molar-refractivity contribution in [3.8, 4) is 0 Å². The standard InChI is InChI=1S/C36H59NO13/c1-10-27-36(42,18-45-35-32(44-9)31(43-8)29(40)22(5)47-35)33-26(48-33)15-13-24(38)19(2)11-14-25(20(3)12-16-28(39)50-27)49-34-30(41)23(37(6)7)17-21(4)46-34/h12-13,15-16,19-23,25-27,29-35,40-42H,10-11,14,17-18H2,1-9H3/b15-13+,16-12+. The van der Waals surface area contributed by atoms with Gasteiger partial charge in [-0.25, -0.2) is 4.79 Å². The maximum Gasteiger partial charge on any atom is 0.330 e. The number of hydrogen-bond acceptors (Lipinski definition) is 14. The van der Waals surface area contributed by atoms with Crippen LogP contribution in [-0.2, 0) is 47.5 Å². The molecule has 0 aromatic heterocycles. The van der Waals surface area contributed by atoms with Gasteiger partial charge in [-0.2, -0.15) is 0 Å². The van der Waals surface area contributed by atoms with Crippen molar-refractivity contribution in [2.75, 3.05) is 34.9 Å². The number of ether oxygens (including phenoxy) is 8. The van der Waals surface area contributed by atoms with Crippen LogP contribution < -0.4 is 0 Å². The number of esters is 1. The number of cyclic esters (lactones) is 1. The third-order valence-corrected chi connectivity index (χ3v) is 10.5. The molecule has 4 heterocycles. The van der Waals surface area contributed by atoms with E-state index in [-0.39, 0.29) is 42.8 Å². The molecule has 0 saturated carbocycles. The number of aliphatic hydroxyl groups excluding tert-OH is 2. The minimum atomic E-state index is -1.85. The fourth-order valence-electron chi connectivity index (χ4n) is 7.15. The maximum atomic E-state index is 13.3. The third-order valence-electron chi connectivity index (χ3n) is 10.5. The van der Waals surface area contributed by atoms with E-state index in [2.05, 4.69) is 0 Å². The van der Waals surface area contributed by atoms with Gasteiger partial charge in [0.05, 0.1) is 24.9 Å². The van der Waals surface area contributed by atoms with Crippen molar-refractivity contribution in [1.82, 2.24) is 4.90 Å². The van der Waals surface area contributed by atoms with Gasteiger partial charge in [-0.1, -0.05) is 26.8 Å². The van der Waals surface area contributed by atoms with Crippen LogP contribution >= 0.6 is 0 Å². The van der Waals surface area contributed by atoms with Crippen molar-refractivity contribution in [1.29, 1.82) is 0 Å². The molecule has 0 aromatic carbocycles. The zero-order chi connectivity index (χ0) is 36.9. The van der Waals surface area contributed by atoms with Gasteiger partial charge >= 0.3 is 5.97 Å². The van der Waals surface area contributed by atoms with Gasteiger partial charge in [0.2, 0.25) is 0 Å². The van der Waals surface area contributed by atoms with Crippen LogP contribution in [0.15, 0.2) is 24.3 Å². The number of aliphatic hydroxyl groups is 3. The minimum Gasteiger partial charge on any atom is -0.456 e. The van der Waals surface area contributed by atoms with Crippen molar-refractivity contribution in [2.24, 2.45) is 11.8 Å². The van der Waals surface area contributed by atoms with Gasteiger partial charge in [-0.05, 0) is 65.8 Å². The zero-order valence-corrected chi connectivity index (χ0v) is 30.9. The fourth-order valence-corrected chi connectivity index (χ4v) is 7.15. The average molecular weight is 714 g/mol. The number of ketones is 1. The Bertz CT molecular complexity index is 1180. The van der Waals surface area contributed by atoms with E-state index in [4.69, 9.17) is 37.9 Å². The molecule has 4 aliphatic heterocycles. The van der Waals surface area contributed by atoms with E-state index in [1.807, 2.05) is 39.8 Å². The second kappa shape index (κ2) is 17.8. The van der Waals surface area contributed by atoms with Gasteiger partial charge in [-0.15, -0.1) is 0 Å². The van der Waals surface area contributed by atoms with Gasteiger partial charge in [0.1, 0.15) is 42.7 Å². The molecule has 0 bridgehead atoms. The van der Waals surface area contributed by atoms with Crippen molar-refractivity contribution < 1.29 is 62.8 Å². The number of epoxide rings is 1. The Labute approximate surface area is 295 Å². The number of nitrogens with zero attached hydrogens (tertiary/aromatic N) is 1. The lowest BCUT2D eigenvalue weighted by Gasteiger charge is -2.43. The number of hydrogen-bond donors (Lipinski definition) is 3. The van der Waals surface area contributed by atoms with Crippen LogP contribution in [0.2, 0.25) is 0 Å². The first-order valence-corrected chi connectivity index (χ1v) is 17.8. The number of fused-ring (bicyclic) bond motifs is 1. The topological polar surface area (TPSA) is 175 Å². The Hall–Kier alpha value is -1.82. The number of carbonyl (C=O) groups excluding carboxylic acids is 2. The average Bonchev–Trinajstić information content (AvgIpc) is 3.87. The lowest BCUT2D eigenvalue weighted by Crippen LogP contribution is -2.60. The molecule has 16 unspecified atom stereocenters. The first-order valence-electron chi connectivity index (χ1n) is 17.8. The molecule has 3 N–H and O–H groups in total. The van der Waals surface area contributed by atoms with Gasteiger partial charge < -0.3 is 58.1 Å². The van der Waals surface area contributed by atoms with E-state index in [1.54, 1.807) is 26.0 Å². The van der Waals surface area contributed by atoms with E-state index < -0.39 is 79.1 Å². The maximum absolute atomic E-state index is 13.3. The molecule has 50 heavy (non-hydrogen) atoms. The second-order valence-electron chi connectivity index (χ2n) is 14.5. The van der Waals surface area contributed by atoms with Crippen LogP contribution in [-0.4, -0.2) is 152 Å². The quantitative estimate of drug-likeness (QED) is 0.232. The second-order valence-corrected chi connectivity index (χ2v) is 14.5. The fraction of sp³-hybridized carbons (Fsp3) is 0.833. The molecule has 0 spiro atoms. The highest BCUT2D eigenvalue weighted by Crippen LogP contribution is 2.40. The van der Waals surface area contributed by atoms with Crippen LogP contribution in [0.4, 0.5) is 0 Å². The Morgan fingerprint density at radius 3 is 2.26 bits per heavy atom. The molecule has 0 radical (unpaired) electrons. The van der Waals surface area contributed by atoms with Gasteiger partial charge in [0.25, 0.3) is 0 Å². The van der Waals surface area contributed by atoms with Crippen molar-refractivity contribution >= 4 is 11.8 Å². The van der Waals surface area contributed by atoms with Crippen molar-refractivity contribution in [3.05, 3.63) is 24.3 Å². The molecule has 3 saturated heterocycles. The van der Waals surface area contributed by atoms with Crippen molar-refractivity contribution in [3.63, 3.8) is 0 Å². The first kappa shape index (κ1) is 40.9. The summed E-state index contributed by atoms with van der Waals surface area (Å²) in [5.74, 6) is -1.49. The zero-order valence-electron chi connectivity index (χ0n) is 30.9. The summed E-state index contributed by atoms with van der Waals surface area (Å²) >= 11 is 0. The normalized spacial score (nSPS) is 46.2. The van der Waals surface area contributed by atoms with E-state index >= 15 is 0 Å². The molecule has 16 atom stereocenters. The SMILES string of the molecule is CCC1OC(=O)/C=C/C(C)C(OC2OC(C)CC(N(C)C)C2O)CCC(C)C(=O)/C=C/C2OC2C1(O)COC1OC(C)C(O)C(OC)C1OC. The predicted molar refractivity (Wildman–Crippen MR) is 180 cm³/mol. The molecule has 4 aliphatic rings. The summed E-state index contributed by atoms with van der Waals surface area (Å²) in [6.45, 7) is 8.72. The molecule has 14 heteroatoms. The monoisotopic (exact) mass is 713 g/mol. The molecular formula is C36H59NO13. The molecule has 4 rings (SSSR count). The van der Waals surface area contributed by atoms with E-state index in [0.29, 0.717) is 19.3 Å². The number of likely N-dealkylation sites (N-methyl/N-ethyl adjacent to an activating group) is 1. The van der Waals surface area contributed by atoms with Crippen LogP contribution in [0.3, 0.4) is 0 Å². The highest BCUT2D eigenvalue weighted by atomic mass is 16.7. The smallest absolute Gasteiger partial charge is 0.330 e. The number of allylic oxidation sites excluding steroid dienone is 1. The molecule has 0 aliphatic carbocycles. The lowest BCUT2D eigenvalue weighted by atomic mass is 9.89. The Balaban J connectivity index is 1.57. The molecule has 0 amide bonds. The van der Waals surface area contributed by atoms with Crippen molar-refractivity contribution in [2.45, 2.75) is 146 Å². The Morgan fingerprint density at radius 1 is 0.920 bits per heavy atom. The van der Waals surface area contributed by atoms with Gasteiger partial charge in [0.15, 0.2) is 24.0 Å². The van der Waals surface area contributed by atoms with E-state index in [9.17, 15) is 24.9 Å². The van der Waals surface area contributed by atoms with Gasteiger partial charge in [0, 0.05) is 38.2 Å². The summed E-state index contributed by atoms with van der Waals surface area (Å²) in [5, 5.41) is 33.9. The number of methoxy groups -OCH3 is 2. The van der Waals surface area contributed by atoms with Crippen LogP contribution in [0.1, 0.15) is 60.3 Å². The highest BCUT2D eigenvalue weighted by Gasteiger charge is 2.59. The minimum absolute atomic E-state index is 0.113. The Kier molecular flexibility index (Phi) is 14.6. The molecule has 3 fully saturated rings. The summed E-state index contributed by atoms with van der Waals surface area (Å²) in [6.07, 6.45) is -1.38. The molecule has 0 aromatic rings. The van der Waals surface area contributed by atoms with E-state index in [0.717, 1.165) is 0 Å². The summed E-state index contributed by atoms with van der Waals surface area (Å²) < 4.78 is 47.2. The summed E-state index contributed by atoms with van der Waals surface area (Å²) in [5.41, 5.74) is -1.85. The van der Waals surface area contributed by atoms with E-state index in [1.165, 1.54) is 26.4 Å². The lowest BCUT2D eigenvalue weighted by molar-refractivity contribution is -0.313. The number of rotatable bonds is 9.